The molecule has 222 valence electrons. The van der Waals surface area contributed by atoms with Gasteiger partial charge in [-0.05, 0) is 39.8 Å². The number of ether oxygens (including phenoxy) is 2. The van der Waals surface area contributed by atoms with Gasteiger partial charge in [-0.1, -0.05) is 11.6 Å². The number of carbonyl (C=O) groups excluding carboxylic acids is 3. The maximum Gasteiger partial charge on any atom is 0.407 e. The van der Waals surface area contributed by atoms with Crippen LogP contribution < -0.4 is 31.4 Å². The Bertz CT molecular complexity index is 1450. The lowest BCUT2D eigenvalue weighted by atomic mass is 10.2. The minimum absolute atomic E-state index is 0.0282. The number of nitrogens with one attached hydrogen (secondary N) is 2. The van der Waals surface area contributed by atoms with Crippen LogP contribution in [-0.4, -0.2) is 70.2 Å². The van der Waals surface area contributed by atoms with E-state index in [0.29, 0.717) is 18.1 Å². The minimum Gasteiger partial charge on any atom is -0.497 e. The molecule has 0 saturated carbocycles. The van der Waals surface area contributed by atoms with Crippen molar-refractivity contribution in [2.24, 2.45) is 0 Å². The van der Waals surface area contributed by atoms with E-state index < -0.39 is 17.6 Å². The van der Waals surface area contributed by atoms with Crippen LogP contribution in [0.1, 0.15) is 44.0 Å². The molecule has 0 spiro atoms. The van der Waals surface area contributed by atoms with Gasteiger partial charge in [0.25, 0.3) is 17.6 Å². The van der Waals surface area contributed by atoms with E-state index >= 15 is 0 Å². The number of carbonyl (C=O) groups is 3. The molecule has 0 aliphatic rings. The topological polar surface area (TPSA) is 184 Å². The number of nitrogens with two attached hydrogens (primary N) is 2. The molecule has 0 unspecified atom stereocenters. The summed E-state index contributed by atoms with van der Waals surface area (Å²) in [4.78, 5) is 47.5. The summed E-state index contributed by atoms with van der Waals surface area (Å²) in [7, 11) is 3.22. The van der Waals surface area contributed by atoms with Crippen LogP contribution in [0.2, 0.25) is 5.15 Å². The fraction of sp³-hybridized carbons (Fsp3) is 0.462. The van der Waals surface area contributed by atoms with Crippen LogP contribution in [0, 0.1) is 0 Å². The number of benzene rings is 1. The highest BCUT2D eigenvalue weighted by Crippen LogP contribution is 2.22. The third-order valence-electron chi connectivity index (χ3n) is 6.07. The Morgan fingerprint density at radius 1 is 1.15 bits per heavy atom. The normalized spacial score (nSPS) is 11.3. The van der Waals surface area contributed by atoms with E-state index in [1.54, 1.807) is 41.0 Å². The van der Waals surface area contributed by atoms with Gasteiger partial charge in [0.15, 0.2) is 40.1 Å². The third kappa shape index (κ3) is 7.66. The molecule has 0 fully saturated rings. The molecule has 3 amide bonds. The van der Waals surface area contributed by atoms with Gasteiger partial charge in [0.2, 0.25) is 0 Å². The number of hydrogen-bond donors (Lipinski definition) is 4. The number of nitrogen functional groups attached to an aromatic ring is 2. The van der Waals surface area contributed by atoms with Crippen molar-refractivity contribution in [3.8, 4) is 5.75 Å². The van der Waals surface area contributed by atoms with Crippen molar-refractivity contribution in [3.63, 3.8) is 0 Å². The van der Waals surface area contributed by atoms with Crippen LogP contribution in [-0.2, 0) is 29.2 Å². The average molecular weight is 591 g/mol. The number of fused-ring (bicyclic) bond motifs is 1. The van der Waals surface area contributed by atoms with Gasteiger partial charge in [-0.2, -0.15) is 0 Å². The van der Waals surface area contributed by atoms with Crippen molar-refractivity contribution in [2.45, 2.75) is 52.9 Å². The Balaban J connectivity index is 1.85. The summed E-state index contributed by atoms with van der Waals surface area (Å²) in [6.07, 6.45) is -0.557. The van der Waals surface area contributed by atoms with Gasteiger partial charge in [0.1, 0.15) is 17.9 Å². The van der Waals surface area contributed by atoms with E-state index in [1.807, 2.05) is 28.2 Å². The molecule has 14 nitrogen and oxygen atoms in total. The third-order valence-corrected chi connectivity index (χ3v) is 6.34. The van der Waals surface area contributed by atoms with E-state index in [1.165, 1.54) is 4.90 Å². The first-order chi connectivity index (χ1) is 19.2. The monoisotopic (exact) mass is 590 g/mol. The average Bonchev–Trinajstić information content (AvgIpc) is 3.19. The first-order valence-electron chi connectivity index (χ1n) is 12.9. The van der Waals surface area contributed by atoms with E-state index in [0.717, 1.165) is 11.0 Å². The highest BCUT2D eigenvalue weighted by molar-refractivity contribution is 6.31. The summed E-state index contributed by atoms with van der Waals surface area (Å²) in [6, 6.07) is 5.52. The van der Waals surface area contributed by atoms with E-state index in [-0.39, 0.29) is 54.6 Å². The van der Waals surface area contributed by atoms with E-state index in [4.69, 9.17) is 32.5 Å². The molecule has 41 heavy (non-hydrogen) atoms. The minimum atomic E-state index is -0.622. The fourth-order valence-corrected chi connectivity index (χ4v) is 4.22. The van der Waals surface area contributed by atoms with Crippen molar-refractivity contribution in [1.82, 2.24) is 30.1 Å². The summed E-state index contributed by atoms with van der Waals surface area (Å²) in [6.45, 7) is 8.30. The molecule has 2 heterocycles. The van der Waals surface area contributed by atoms with Gasteiger partial charge in [0, 0.05) is 26.2 Å². The zero-order valence-electron chi connectivity index (χ0n) is 24.1. The number of anilines is 2. The maximum absolute atomic E-state index is 13.3. The number of alkyl carbamates (subject to hydrolysis) is 1. The van der Waals surface area contributed by atoms with Gasteiger partial charge in [-0.15, -0.1) is 0 Å². The predicted octanol–water partition coefficient (Wildman–Crippen LogP) is 1.48. The second kappa shape index (κ2) is 12.9. The van der Waals surface area contributed by atoms with Crippen LogP contribution in [0.15, 0.2) is 18.2 Å². The Labute approximate surface area is 242 Å². The molecule has 0 aliphatic heterocycles. The summed E-state index contributed by atoms with van der Waals surface area (Å²) in [5, 5.41) is 5.31. The molecular formula is C26H37ClN9O5+. The number of methoxy groups -OCH3 is 1. The van der Waals surface area contributed by atoms with Crippen LogP contribution in [0.4, 0.5) is 16.4 Å². The van der Waals surface area contributed by atoms with Crippen molar-refractivity contribution in [2.75, 3.05) is 38.7 Å². The number of halogens is 1. The number of imidazole rings is 1. The van der Waals surface area contributed by atoms with Gasteiger partial charge < -0.3 is 36.5 Å². The molecule has 1 aromatic carbocycles. The Morgan fingerprint density at radius 2 is 1.85 bits per heavy atom. The second-order valence-electron chi connectivity index (χ2n) is 10.2. The summed E-state index contributed by atoms with van der Waals surface area (Å²) < 4.78 is 14.4. The lowest BCUT2D eigenvalue weighted by Crippen LogP contribution is -2.48. The van der Waals surface area contributed by atoms with Gasteiger partial charge >= 0.3 is 6.09 Å². The molecule has 0 aliphatic carbocycles. The standard InChI is InChI=1S/C26H36ClN9O5/c1-7-35-17-12-15(40-6)8-9-16(17)36(14-19(37)34(5)11-10-30-25(39)41-26(2,3)4)18(35)13-31-24(38)20-22(28)33-23(29)21(27)32-20/h8-9,12H,7,10-11,13-14H2,1-6H3,(H5-,28,29,30,31,33,38,39)/p+1. The maximum atomic E-state index is 13.3. The highest BCUT2D eigenvalue weighted by Gasteiger charge is 2.28. The number of amides is 3. The molecule has 0 radical (unpaired) electrons. The smallest absolute Gasteiger partial charge is 0.407 e. The Hall–Kier alpha value is -4.33. The summed E-state index contributed by atoms with van der Waals surface area (Å²) in [5.74, 6) is 0.234. The summed E-state index contributed by atoms with van der Waals surface area (Å²) in [5.41, 5.74) is 12.3. The van der Waals surface area contributed by atoms with Gasteiger partial charge in [-0.25, -0.2) is 23.9 Å². The largest absolute Gasteiger partial charge is 0.497 e. The number of aryl methyl sites for hydroxylation is 1. The first-order valence-corrected chi connectivity index (χ1v) is 13.3. The highest BCUT2D eigenvalue weighted by atomic mass is 35.5. The zero-order valence-corrected chi connectivity index (χ0v) is 24.8. The SMILES string of the molecule is CCn1c(CNC(=O)c2nc(Cl)c(N)nc2N)[n+](CC(=O)N(C)CCNC(=O)OC(C)(C)C)c2ccc(OC)cc21. The summed E-state index contributed by atoms with van der Waals surface area (Å²) >= 11 is 5.94. The van der Waals surface area contributed by atoms with Crippen LogP contribution in [0.25, 0.3) is 11.0 Å². The predicted molar refractivity (Wildman–Crippen MR) is 153 cm³/mol. The zero-order chi connectivity index (χ0) is 30.5. The molecular weight excluding hydrogens is 554 g/mol. The first kappa shape index (κ1) is 31.2. The van der Waals surface area contributed by atoms with Crippen molar-refractivity contribution >= 4 is 52.2 Å². The lowest BCUT2D eigenvalue weighted by molar-refractivity contribution is -0.668. The fourth-order valence-electron chi connectivity index (χ4n) is 4.09. The van der Waals surface area contributed by atoms with Gasteiger partial charge in [0.05, 0.1) is 13.7 Å². The molecule has 0 atom stereocenters. The number of hydrogen-bond acceptors (Lipinski definition) is 9. The lowest BCUT2D eigenvalue weighted by Gasteiger charge is -2.21. The number of nitrogens with zero attached hydrogens (tertiary/aromatic N) is 5. The Kier molecular flexibility index (Phi) is 9.81. The van der Waals surface area contributed by atoms with Crippen molar-refractivity contribution in [3.05, 3.63) is 34.9 Å². The van der Waals surface area contributed by atoms with Crippen LogP contribution in [0.3, 0.4) is 0 Å². The second-order valence-corrected chi connectivity index (χ2v) is 10.5. The molecule has 15 heteroatoms. The van der Waals surface area contributed by atoms with Crippen LogP contribution >= 0.6 is 11.6 Å². The quantitative estimate of drug-likeness (QED) is 0.254. The number of rotatable bonds is 10. The van der Waals surface area contributed by atoms with Crippen LogP contribution in [0.5, 0.6) is 5.75 Å². The number of aromatic nitrogens is 4. The molecule has 2 aromatic heterocycles. The molecule has 3 rings (SSSR count). The molecule has 0 bridgehead atoms. The Morgan fingerprint density at radius 3 is 2.49 bits per heavy atom. The van der Waals surface area contributed by atoms with E-state index in [2.05, 4.69) is 20.6 Å². The van der Waals surface area contributed by atoms with Gasteiger partial charge in [-0.3, -0.25) is 9.59 Å². The molecule has 3 aromatic rings. The molecule has 0 saturated heterocycles. The number of likely N-dealkylation sites (N-methyl/N-ethyl adjacent to an activating group) is 1. The van der Waals surface area contributed by atoms with E-state index in [9.17, 15) is 14.4 Å². The van der Waals surface area contributed by atoms with Crippen molar-refractivity contribution < 1.29 is 28.4 Å². The molecule has 6 N–H and O–H groups in total. The van der Waals surface area contributed by atoms with Crippen molar-refractivity contribution in [1.29, 1.82) is 0 Å².